The number of aromatic amines is 1. The van der Waals surface area contributed by atoms with Gasteiger partial charge in [-0.3, -0.25) is 14.4 Å². The monoisotopic (exact) mass is 361 g/mol. The fourth-order valence-corrected chi connectivity index (χ4v) is 3.47. The van der Waals surface area contributed by atoms with Crippen LogP contribution in [0.1, 0.15) is 56.5 Å². The van der Waals surface area contributed by atoms with Crippen molar-refractivity contribution >= 4 is 34.2 Å². The van der Waals surface area contributed by atoms with Crippen molar-refractivity contribution in [2.75, 3.05) is 11.9 Å². The Morgan fingerprint density at radius 3 is 2.48 bits per heavy atom. The van der Waals surface area contributed by atoms with Gasteiger partial charge in [-0.1, -0.05) is 6.92 Å². The van der Waals surface area contributed by atoms with Crippen molar-refractivity contribution < 1.29 is 14.4 Å². The minimum atomic E-state index is -0.240. The maximum atomic E-state index is 12.6. The minimum Gasteiger partial charge on any atom is -0.350 e. The van der Waals surface area contributed by atoms with Gasteiger partial charge in [0, 0.05) is 40.2 Å². The van der Waals surface area contributed by atoms with E-state index in [1.807, 2.05) is 12.1 Å². The molecular weight excluding hydrogens is 342 g/mol. The van der Waals surface area contributed by atoms with Crippen molar-refractivity contribution in [3.8, 4) is 0 Å². The number of fused-ring (bicyclic) bond motifs is 3. The highest BCUT2D eigenvalue weighted by Gasteiger charge is 2.27. The van der Waals surface area contributed by atoms with Crippen molar-refractivity contribution in [2.24, 2.45) is 0 Å². The van der Waals surface area contributed by atoms with Crippen LogP contribution in [-0.2, 0) is 0 Å². The van der Waals surface area contributed by atoms with E-state index in [-0.39, 0.29) is 23.5 Å². The predicted octanol–water partition coefficient (Wildman–Crippen LogP) is 3.47. The molecule has 1 atom stereocenters. The molecule has 0 aliphatic carbocycles. The van der Waals surface area contributed by atoms with Gasteiger partial charge < -0.3 is 15.6 Å². The topological polar surface area (TPSA) is 91.1 Å². The van der Waals surface area contributed by atoms with Gasteiger partial charge in [0.15, 0.2) is 5.78 Å². The van der Waals surface area contributed by atoms with Crippen LogP contribution in [0.15, 0.2) is 42.5 Å². The number of Topliss-reactive ketones (excluding diaryl/α,β-unsaturated/α-hetero) is 1. The Balaban J connectivity index is 1.65. The average molecular weight is 361 g/mol. The van der Waals surface area contributed by atoms with E-state index in [2.05, 4.69) is 22.5 Å². The number of nitrogens with one attached hydrogen (secondary N) is 3. The van der Waals surface area contributed by atoms with Crippen LogP contribution >= 0.6 is 0 Å². The molecule has 2 aromatic carbocycles. The van der Waals surface area contributed by atoms with Crippen LogP contribution in [-0.4, -0.2) is 29.1 Å². The summed E-state index contributed by atoms with van der Waals surface area (Å²) in [5, 5.41) is 6.59. The van der Waals surface area contributed by atoms with Crippen LogP contribution in [0, 0.1) is 0 Å². The van der Waals surface area contributed by atoms with Gasteiger partial charge in [0.1, 0.15) is 5.69 Å². The van der Waals surface area contributed by atoms with E-state index in [0.717, 1.165) is 16.5 Å². The first kappa shape index (κ1) is 17.0. The van der Waals surface area contributed by atoms with Crippen LogP contribution in [0.5, 0.6) is 0 Å². The number of carbonyl (C=O) groups is 3. The summed E-state index contributed by atoms with van der Waals surface area (Å²) in [7, 11) is 0. The molecule has 0 saturated heterocycles. The highest BCUT2D eigenvalue weighted by molar-refractivity contribution is 6.08. The Bertz CT molecular complexity index is 1080. The summed E-state index contributed by atoms with van der Waals surface area (Å²) in [6.45, 7) is 4.13. The van der Waals surface area contributed by atoms with Crippen LogP contribution in [0.2, 0.25) is 0 Å². The van der Waals surface area contributed by atoms with Crippen molar-refractivity contribution in [3.05, 3.63) is 64.8 Å². The average Bonchev–Trinajstić information content (AvgIpc) is 3.05. The number of H-pyrrole nitrogens is 1. The molecule has 1 unspecified atom stereocenters. The molecule has 1 aliphatic rings. The Morgan fingerprint density at radius 2 is 1.78 bits per heavy atom. The number of hydrogen-bond donors (Lipinski definition) is 3. The first-order valence-electron chi connectivity index (χ1n) is 8.80. The molecule has 4 rings (SSSR count). The van der Waals surface area contributed by atoms with Gasteiger partial charge in [0.25, 0.3) is 11.8 Å². The number of anilines is 1. The summed E-state index contributed by atoms with van der Waals surface area (Å²) in [6, 6.07) is 12.1. The predicted molar refractivity (Wildman–Crippen MR) is 103 cm³/mol. The highest BCUT2D eigenvalue weighted by Crippen LogP contribution is 2.32. The number of benzene rings is 2. The molecule has 0 saturated carbocycles. The van der Waals surface area contributed by atoms with Gasteiger partial charge in [-0.25, -0.2) is 0 Å². The van der Waals surface area contributed by atoms with Gasteiger partial charge in [-0.15, -0.1) is 0 Å². The summed E-state index contributed by atoms with van der Waals surface area (Å²) in [5.74, 6) is -0.205. The molecule has 0 spiro atoms. The molecule has 6 heteroatoms. The second-order valence-electron chi connectivity index (χ2n) is 6.87. The SMILES string of the molecule is CC(=O)c1ccc(NC(=O)c2ccc3[nH]c4c(c3c2)C(C)CNC4=O)cc1. The zero-order chi connectivity index (χ0) is 19.1. The van der Waals surface area contributed by atoms with E-state index in [4.69, 9.17) is 0 Å². The lowest BCUT2D eigenvalue weighted by Gasteiger charge is -2.19. The third kappa shape index (κ3) is 2.99. The first-order chi connectivity index (χ1) is 12.9. The molecule has 1 aromatic heterocycles. The van der Waals surface area contributed by atoms with Crippen molar-refractivity contribution in [1.29, 1.82) is 0 Å². The summed E-state index contributed by atoms with van der Waals surface area (Å²) in [6.07, 6.45) is 0. The van der Waals surface area contributed by atoms with Crippen LogP contribution in [0.4, 0.5) is 5.69 Å². The third-order valence-electron chi connectivity index (χ3n) is 4.94. The molecule has 6 nitrogen and oxygen atoms in total. The Labute approximate surface area is 156 Å². The lowest BCUT2D eigenvalue weighted by atomic mass is 9.93. The molecule has 1 aliphatic heterocycles. The van der Waals surface area contributed by atoms with E-state index in [0.29, 0.717) is 29.1 Å². The van der Waals surface area contributed by atoms with Gasteiger partial charge in [0.05, 0.1) is 0 Å². The molecule has 0 bridgehead atoms. The number of carbonyl (C=O) groups excluding carboxylic acids is 3. The number of hydrogen-bond acceptors (Lipinski definition) is 3. The van der Waals surface area contributed by atoms with Crippen LogP contribution in [0.25, 0.3) is 10.9 Å². The maximum absolute atomic E-state index is 12.6. The van der Waals surface area contributed by atoms with Crippen molar-refractivity contribution in [2.45, 2.75) is 19.8 Å². The van der Waals surface area contributed by atoms with E-state index in [1.165, 1.54) is 6.92 Å². The van der Waals surface area contributed by atoms with Gasteiger partial charge in [-0.05, 0) is 55.0 Å². The fourth-order valence-electron chi connectivity index (χ4n) is 3.47. The van der Waals surface area contributed by atoms with Gasteiger partial charge in [0.2, 0.25) is 0 Å². The fraction of sp³-hybridized carbons (Fsp3) is 0.190. The summed E-state index contributed by atoms with van der Waals surface area (Å²) >= 11 is 0. The summed E-state index contributed by atoms with van der Waals surface area (Å²) < 4.78 is 0. The molecule has 27 heavy (non-hydrogen) atoms. The minimum absolute atomic E-state index is 0.0197. The largest absolute Gasteiger partial charge is 0.350 e. The molecular formula is C21H19N3O3. The first-order valence-corrected chi connectivity index (χ1v) is 8.80. The van der Waals surface area contributed by atoms with Crippen LogP contribution < -0.4 is 10.6 Å². The molecule has 3 N–H and O–H groups in total. The number of aromatic nitrogens is 1. The molecule has 2 amide bonds. The van der Waals surface area contributed by atoms with E-state index >= 15 is 0 Å². The Kier molecular flexibility index (Phi) is 4.03. The second-order valence-corrected chi connectivity index (χ2v) is 6.87. The normalized spacial score (nSPS) is 15.9. The highest BCUT2D eigenvalue weighted by atomic mass is 16.2. The molecule has 0 fully saturated rings. The lowest BCUT2D eigenvalue weighted by molar-refractivity contribution is 0.0936. The van der Waals surface area contributed by atoms with E-state index < -0.39 is 0 Å². The van der Waals surface area contributed by atoms with Gasteiger partial charge in [-0.2, -0.15) is 0 Å². The zero-order valence-electron chi connectivity index (χ0n) is 15.1. The number of ketones is 1. The van der Waals surface area contributed by atoms with E-state index in [9.17, 15) is 14.4 Å². The Hall–Kier alpha value is -3.41. The molecule has 3 aromatic rings. The molecule has 0 radical (unpaired) electrons. The quantitative estimate of drug-likeness (QED) is 0.624. The standard InChI is InChI=1S/C21H19N3O3/c1-11-10-22-21(27)19-18(11)16-9-14(5-8-17(16)24-19)20(26)23-15-6-3-13(4-7-15)12(2)25/h3-9,11,24H,10H2,1-2H3,(H,22,27)(H,23,26). The Morgan fingerprint density at radius 1 is 1.07 bits per heavy atom. The third-order valence-corrected chi connectivity index (χ3v) is 4.94. The van der Waals surface area contributed by atoms with E-state index in [1.54, 1.807) is 30.3 Å². The molecule has 136 valence electrons. The van der Waals surface area contributed by atoms with Crippen LogP contribution in [0.3, 0.4) is 0 Å². The van der Waals surface area contributed by atoms with Gasteiger partial charge >= 0.3 is 0 Å². The van der Waals surface area contributed by atoms with Crippen molar-refractivity contribution in [1.82, 2.24) is 10.3 Å². The second kappa shape index (κ2) is 6.39. The summed E-state index contributed by atoms with van der Waals surface area (Å²) in [5.41, 5.74) is 4.09. The van der Waals surface area contributed by atoms with Crippen molar-refractivity contribution in [3.63, 3.8) is 0 Å². The zero-order valence-corrected chi connectivity index (χ0v) is 15.1. The molecule has 2 heterocycles. The maximum Gasteiger partial charge on any atom is 0.268 e. The smallest absolute Gasteiger partial charge is 0.268 e. The lowest BCUT2D eigenvalue weighted by Crippen LogP contribution is -2.33. The summed E-state index contributed by atoms with van der Waals surface area (Å²) in [4.78, 5) is 39.2. The number of rotatable bonds is 3. The number of amides is 2.